The summed E-state index contributed by atoms with van der Waals surface area (Å²) in [5.41, 5.74) is 0.632. The van der Waals surface area contributed by atoms with Crippen LogP contribution in [-0.4, -0.2) is 23.5 Å². The van der Waals surface area contributed by atoms with Crippen molar-refractivity contribution < 1.29 is 14.3 Å². The fraction of sp³-hybridized carbons (Fsp3) is 0.429. The molecule has 1 aliphatic rings. The van der Waals surface area contributed by atoms with Gasteiger partial charge >= 0.3 is 0 Å². The van der Waals surface area contributed by atoms with E-state index in [0.717, 1.165) is 0 Å². The van der Waals surface area contributed by atoms with Crippen molar-refractivity contribution >= 4 is 17.5 Å². The van der Waals surface area contributed by atoms with Gasteiger partial charge in [-0.1, -0.05) is 6.07 Å². The summed E-state index contributed by atoms with van der Waals surface area (Å²) in [6.45, 7) is 7.37. The summed E-state index contributed by atoms with van der Waals surface area (Å²) in [4.78, 5) is 23.7. The van der Waals surface area contributed by atoms with Crippen LogP contribution in [0, 0.1) is 0 Å². The maximum atomic E-state index is 12.2. The number of nitrogens with one attached hydrogen (secondary N) is 2. The average molecular weight is 262 g/mol. The molecule has 5 nitrogen and oxygen atoms in total. The minimum absolute atomic E-state index is 0.208. The Bertz CT molecular complexity index is 532. The molecule has 0 aromatic heterocycles. The number of carbonyl (C=O) groups is 2. The number of carbonyl (C=O) groups excluding carboxylic acids is 2. The van der Waals surface area contributed by atoms with Crippen LogP contribution < -0.4 is 15.4 Å². The van der Waals surface area contributed by atoms with Crippen molar-refractivity contribution in [3.63, 3.8) is 0 Å². The molecule has 0 bridgehead atoms. The van der Waals surface area contributed by atoms with Crippen molar-refractivity contribution in [2.24, 2.45) is 0 Å². The Labute approximate surface area is 112 Å². The first-order chi connectivity index (χ1) is 8.78. The molecule has 19 heavy (non-hydrogen) atoms. The lowest BCUT2D eigenvalue weighted by molar-refractivity contribution is -0.122. The lowest BCUT2D eigenvalue weighted by atomic mass is 10.1. The maximum Gasteiger partial charge on any atom is 0.265 e. The van der Waals surface area contributed by atoms with Crippen molar-refractivity contribution in [3.8, 4) is 5.75 Å². The molecule has 2 amide bonds. The second kappa shape index (κ2) is 4.57. The Morgan fingerprint density at radius 1 is 1.37 bits per heavy atom. The van der Waals surface area contributed by atoms with Crippen molar-refractivity contribution in [3.05, 3.63) is 23.8 Å². The van der Waals surface area contributed by atoms with Gasteiger partial charge in [0.15, 0.2) is 11.9 Å². The molecule has 102 valence electrons. The van der Waals surface area contributed by atoms with E-state index in [1.807, 2.05) is 20.8 Å². The highest BCUT2D eigenvalue weighted by Gasteiger charge is 2.28. The highest BCUT2D eigenvalue weighted by molar-refractivity contribution is 6.04. The average Bonchev–Trinajstić information content (AvgIpc) is 2.27. The van der Waals surface area contributed by atoms with E-state index in [4.69, 9.17) is 4.74 Å². The first-order valence-corrected chi connectivity index (χ1v) is 6.21. The monoisotopic (exact) mass is 262 g/mol. The number of amides is 2. The predicted molar refractivity (Wildman–Crippen MR) is 72.4 cm³/mol. The summed E-state index contributed by atoms with van der Waals surface area (Å²) >= 11 is 0. The molecule has 0 saturated heterocycles. The number of para-hydroxylation sites is 1. The zero-order valence-electron chi connectivity index (χ0n) is 11.5. The van der Waals surface area contributed by atoms with Gasteiger partial charge in [0.05, 0.1) is 11.3 Å². The molecule has 2 rings (SSSR count). The first kappa shape index (κ1) is 13.4. The molecule has 1 aliphatic heterocycles. The van der Waals surface area contributed by atoms with E-state index in [2.05, 4.69) is 10.6 Å². The third-order valence-corrected chi connectivity index (χ3v) is 2.67. The molecule has 0 saturated carbocycles. The predicted octanol–water partition coefficient (Wildman–Crippen LogP) is 1.93. The van der Waals surface area contributed by atoms with Gasteiger partial charge in [-0.25, -0.2) is 0 Å². The van der Waals surface area contributed by atoms with E-state index in [1.165, 1.54) is 0 Å². The van der Waals surface area contributed by atoms with E-state index >= 15 is 0 Å². The highest BCUT2D eigenvalue weighted by Crippen LogP contribution is 2.33. The standard InChI is InChI=1S/C14H18N2O3/c1-8-12(17)15-10-7-5-6-9(11(10)19-8)13(18)16-14(2,3)4/h5-8H,1-4H3,(H,15,17)(H,16,18). The summed E-state index contributed by atoms with van der Waals surface area (Å²) in [7, 11) is 0. The third-order valence-electron chi connectivity index (χ3n) is 2.67. The zero-order valence-corrected chi connectivity index (χ0v) is 11.5. The molecule has 1 aromatic rings. The molecule has 0 spiro atoms. The molecular weight excluding hydrogens is 244 g/mol. The smallest absolute Gasteiger partial charge is 0.265 e. The number of anilines is 1. The Morgan fingerprint density at radius 3 is 2.68 bits per heavy atom. The van der Waals surface area contributed by atoms with Crippen molar-refractivity contribution in [2.45, 2.75) is 39.3 Å². The highest BCUT2D eigenvalue weighted by atomic mass is 16.5. The van der Waals surface area contributed by atoms with Gasteiger partial charge in [-0.05, 0) is 39.8 Å². The lowest BCUT2D eigenvalue weighted by Crippen LogP contribution is -2.41. The van der Waals surface area contributed by atoms with E-state index in [9.17, 15) is 9.59 Å². The molecule has 1 aromatic carbocycles. The molecule has 0 aliphatic carbocycles. The van der Waals surface area contributed by atoms with Gasteiger partial charge in [0.1, 0.15) is 0 Å². The van der Waals surface area contributed by atoms with E-state index < -0.39 is 6.10 Å². The number of hydrogen-bond donors (Lipinski definition) is 2. The van der Waals surface area contributed by atoms with Crippen LogP contribution in [0.15, 0.2) is 18.2 Å². The van der Waals surface area contributed by atoms with Gasteiger partial charge in [-0.15, -0.1) is 0 Å². The van der Waals surface area contributed by atoms with Crippen LogP contribution in [0.3, 0.4) is 0 Å². The largest absolute Gasteiger partial charge is 0.478 e. The van der Waals surface area contributed by atoms with Gasteiger partial charge in [-0.2, -0.15) is 0 Å². The second-order valence-electron chi connectivity index (χ2n) is 5.64. The topological polar surface area (TPSA) is 67.4 Å². The minimum atomic E-state index is -0.601. The third kappa shape index (κ3) is 2.86. The number of hydrogen-bond acceptors (Lipinski definition) is 3. The first-order valence-electron chi connectivity index (χ1n) is 6.21. The summed E-state index contributed by atoms with van der Waals surface area (Å²) in [5, 5.41) is 5.60. The fourth-order valence-electron chi connectivity index (χ4n) is 1.81. The van der Waals surface area contributed by atoms with Crippen LogP contribution in [0.4, 0.5) is 5.69 Å². The number of benzene rings is 1. The Balaban J connectivity index is 2.36. The molecule has 1 unspecified atom stereocenters. The molecule has 2 N–H and O–H groups in total. The van der Waals surface area contributed by atoms with E-state index in [0.29, 0.717) is 17.0 Å². The molecule has 5 heteroatoms. The normalized spacial score (nSPS) is 18.1. The van der Waals surface area contributed by atoms with Crippen LogP contribution in [0.2, 0.25) is 0 Å². The summed E-state index contributed by atoms with van der Waals surface area (Å²) in [5.74, 6) is 0.00456. The fourth-order valence-corrected chi connectivity index (χ4v) is 1.81. The number of ether oxygens (including phenoxy) is 1. The molecular formula is C14H18N2O3. The van der Waals surface area contributed by atoms with E-state index in [1.54, 1.807) is 25.1 Å². The van der Waals surface area contributed by atoms with Crippen molar-refractivity contribution in [1.29, 1.82) is 0 Å². The summed E-state index contributed by atoms with van der Waals surface area (Å²) in [6, 6.07) is 5.12. The summed E-state index contributed by atoms with van der Waals surface area (Å²) in [6.07, 6.45) is -0.601. The van der Waals surface area contributed by atoms with E-state index in [-0.39, 0.29) is 17.4 Å². The summed E-state index contributed by atoms with van der Waals surface area (Å²) < 4.78 is 5.54. The van der Waals surface area contributed by atoms with Crippen molar-refractivity contribution in [2.75, 3.05) is 5.32 Å². The molecule has 0 fully saturated rings. The van der Waals surface area contributed by atoms with Gasteiger partial charge in [0, 0.05) is 5.54 Å². The Hall–Kier alpha value is -2.04. The van der Waals surface area contributed by atoms with Crippen LogP contribution in [0.1, 0.15) is 38.1 Å². The van der Waals surface area contributed by atoms with Crippen LogP contribution >= 0.6 is 0 Å². The SMILES string of the molecule is CC1Oc2c(cccc2C(=O)NC(C)(C)C)NC1=O. The second-order valence-corrected chi connectivity index (χ2v) is 5.64. The number of fused-ring (bicyclic) bond motifs is 1. The Morgan fingerprint density at radius 2 is 2.05 bits per heavy atom. The van der Waals surface area contributed by atoms with Gasteiger partial charge < -0.3 is 15.4 Å². The molecule has 1 heterocycles. The van der Waals surface area contributed by atoms with Crippen LogP contribution in [0.25, 0.3) is 0 Å². The molecule has 1 atom stereocenters. The van der Waals surface area contributed by atoms with Crippen molar-refractivity contribution in [1.82, 2.24) is 5.32 Å². The van der Waals surface area contributed by atoms with Gasteiger partial charge in [0.25, 0.3) is 11.8 Å². The zero-order chi connectivity index (χ0) is 14.2. The molecule has 0 radical (unpaired) electrons. The number of rotatable bonds is 1. The Kier molecular flexibility index (Phi) is 3.22. The minimum Gasteiger partial charge on any atom is -0.478 e. The van der Waals surface area contributed by atoms with Crippen LogP contribution in [-0.2, 0) is 4.79 Å². The van der Waals surface area contributed by atoms with Crippen LogP contribution in [0.5, 0.6) is 5.75 Å². The quantitative estimate of drug-likeness (QED) is 0.812. The van der Waals surface area contributed by atoms with Gasteiger partial charge in [0.2, 0.25) is 0 Å². The maximum absolute atomic E-state index is 12.2. The lowest BCUT2D eigenvalue weighted by Gasteiger charge is -2.26. The van der Waals surface area contributed by atoms with Gasteiger partial charge in [-0.3, -0.25) is 9.59 Å².